The zero-order chi connectivity index (χ0) is 20.7. The van der Waals surface area contributed by atoms with E-state index in [2.05, 4.69) is 20.6 Å². The summed E-state index contributed by atoms with van der Waals surface area (Å²) < 4.78 is 0. The number of tetrazole rings is 1. The number of aromatic carboxylic acids is 1. The van der Waals surface area contributed by atoms with Crippen molar-refractivity contribution >= 4 is 17.6 Å². The first-order valence-corrected chi connectivity index (χ1v) is 9.23. The van der Waals surface area contributed by atoms with Crippen molar-refractivity contribution in [2.75, 3.05) is 4.90 Å². The molecule has 0 aliphatic carbocycles. The average Bonchev–Trinajstić information content (AvgIpc) is 3.42. The third-order valence-corrected chi connectivity index (χ3v) is 5.14. The molecular weight excluding hydrogens is 382 g/mol. The monoisotopic (exact) mass is 397 g/mol. The maximum absolute atomic E-state index is 13.1. The van der Waals surface area contributed by atoms with E-state index in [9.17, 15) is 14.7 Å². The van der Waals surface area contributed by atoms with Gasteiger partial charge in [-0.05, 0) is 40.1 Å². The van der Waals surface area contributed by atoms with Crippen LogP contribution in [0.1, 0.15) is 26.3 Å². The number of carboxylic acids is 1. The van der Waals surface area contributed by atoms with E-state index >= 15 is 0 Å². The summed E-state index contributed by atoms with van der Waals surface area (Å²) in [5.74, 6) is -0.952. The number of carbonyl (C=O) groups is 2. The van der Waals surface area contributed by atoms with E-state index in [0.717, 1.165) is 16.7 Å². The van der Waals surface area contributed by atoms with E-state index in [1.807, 2.05) is 48.5 Å². The van der Waals surface area contributed by atoms with Crippen LogP contribution in [-0.2, 0) is 6.54 Å². The Bertz CT molecular complexity index is 1270. The van der Waals surface area contributed by atoms with Gasteiger partial charge in [0.1, 0.15) is 0 Å². The van der Waals surface area contributed by atoms with E-state index in [1.165, 1.54) is 4.90 Å². The SMILES string of the molecule is O=C(O)c1cc(-c2ccccc2)ccc1N1Cc2ccc(-c3nn[nH]n3)cc2C1=O. The number of H-pyrrole nitrogens is 1. The normalized spacial score (nSPS) is 12.8. The van der Waals surface area contributed by atoms with Gasteiger partial charge in [-0.15, -0.1) is 10.2 Å². The van der Waals surface area contributed by atoms with E-state index in [4.69, 9.17) is 0 Å². The molecule has 146 valence electrons. The molecule has 0 saturated heterocycles. The molecule has 8 nitrogen and oxygen atoms in total. The minimum atomic E-state index is -1.08. The molecule has 0 atom stereocenters. The molecule has 0 unspecified atom stereocenters. The van der Waals surface area contributed by atoms with Crippen LogP contribution >= 0.6 is 0 Å². The fraction of sp³-hybridized carbons (Fsp3) is 0.0455. The Kier molecular flexibility index (Phi) is 4.10. The van der Waals surface area contributed by atoms with Gasteiger partial charge in [0.25, 0.3) is 5.91 Å². The lowest BCUT2D eigenvalue weighted by atomic mass is 10.0. The Morgan fingerprint density at radius 1 is 0.967 bits per heavy atom. The number of fused-ring (bicyclic) bond motifs is 1. The Morgan fingerprint density at radius 2 is 1.77 bits per heavy atom. The summed E-state index contributed by atoms with van der Waals surface area (Å²) in [6.07, 6.45) is 0. The van der Waals surface area contributed by atoms with Crippen LogP contribution in [0.2, 0.25) is 0 Å². The number of rotatable bonds is 4. The van der Waals surface area contributed by atoms with Crippen LogP contribution < -0.4 is 4.90 Å². The van der Waals surface area contributed by atoms with E-state index < -0.39 is 5.97 Å². The number of amides is 1. The molecule has 8 heteroatoms. The molecule has 1 aliphatic heterocycles. The number of aromatic amines is 1. The Morgan fingerprint density at radius 3 is 2.50 bits per heavy atom. The van der Waals surface area contributed by atoms with Crippen LogP contribution in [0.3, 0.4) is 0 Å². The quantitative estimate of drug-likeness (QED) is 0.546. The molecule has 0 spiro atoms. The number of nitrogens with zero attached hydrogens (tertiary/aromatic N) is 4. The van der Waals surface area contributed by atoms with Gasteiger partial charge in [-0.3, -0.25) is 4.79 Å². The first-order chi connectivity index (χ1) is 14.6. The van der Waals surface area contributed by atoms with Gasteiger partial charge in [0.05, 0.1) is 17.8 Å². The highest BCUT2D eigenvalue weighted by Crippen LogP contribution is 2.34. The molecule has 1 aromatic heterocycles. The number of anilines is 1. The van der Waals surface area contributed by atoms with Crippen molar-refractivity contribution in [3.63, 3.8) is 0 Å². The number of nitrogens with one attached hydrogen (secondary N) is 1. The lowest BCUT2D eigenvalue weighted by molar-refractivity contribution is 0.0697. The fourth-order valence-electron chi connectivity index (χ4n) is 3.67. The van der Waals surface area contributed by atoms with Crippen molar-refractivity contribution in [1.82, 2.24) is 20.6 Å². The van der Waals surface area contributed by atoms with Crippen molar-refractivity contribution in [2.45, 2.75) is 6.54 Å². The number of carbonyl (C=O) groups excluding carboxylic acids is 1. The van der Waals surface area contributed by atoms with Crippen LogP contribution in [0.5, 0.6) is 0 Å². The predicted molar refractivity (Wildman–Crippen MR) is 109 cm³/mol. The summed E-state index contributed by atoms with van der Waals surface area (Å²) in [5, 5.41) is 23.6. The molecule has 2 heterocycles. The minimum absolute atomic E-state index is 0.0795. The first-order valence-electron chi connectivity index (χ1n) is 9.23. The number of hydrogen-bond donors (Lipinski definition) is 2. The Balaban J connectivity index is 1.54. The maximum atomic E-state index is 13.1. The van der Waals surface area contributed by atoms with Crippen molar-refractivity contribution < 1.29 is 14.7 Å². The second kappa shape index (κ2) is 6.93. The third-order valence-electron chi connectivity index (χ3n) is 5.14. The second-order valence-corrected chi connectivity index (χ2v) is 6.90. The summed E-state index contributed by atoms with van der Waals surface area (Å²) in [6.45, 7) is 0.297. The molecule has 30 heavy (non-hydrogen) atoms. The Hall–Kier alpha value is -4.33. The lowest BCUT2D eigenvalue weighted by Gasteiger charge is -2.19. The second-order valence-electron chi connectivity index (χ2n) is 6.90. The third kappa shape index (κ3) is 2.91. The topological polar surface area (TPSA) is 112 Å². The fourth-order valence-corrected chi connectivity index (χ4v) is 3.67. The lowest BCUT2D eigenvalue weighted by Crippen LogP contribution is -2.25. The zero-order valence-corrected chi connectivity index (χ0v) is 15.6. The van der Waals surface area contributed by atoms with Crippen LogP contribution in [0.15, 0.2) is 66.7 Å². The van der Waals surface area contributed by atoms with Crippen LogP contribution in [0, 0.1) is 0 Å². The minimum Gasteiger partial charge on any atom is -0.478 e. The largest absolute Gasteiger partial charge is 0.478 e. The van der Waals surface area contributed by atoms with Crippen molar-refractivity contribution in [3.8, 4) is 22.5 Å². The molecule has 0 bridgehead atoms. The molecule has 5 rings (SSSR count). The molecule has 0 fully saturated rings. The molecule has 3 aromatic carbocycles. The number of benzene rings is 3. The first kappa shape index (κ1) is 17.7. The van der Waals surface area contributed by atoms with Crippen molar-refractivity contribution in [2.24, 2.45) is 0 Å². The summed E-state index contributed by atoms with van der Waals surface area (Å²) in [7, 11) is 0. The van der Waals surface area contributed by atoms with Crippen molar-refractivity contribution in [3.05, 3.63) is 83.4 Å². The smallest absolute Gasteiger partial charge is 0.337 e. The molecule has 2 N–H and O–H groups in total. The summed E-state index contributed by atoms with van der Waals surface area (Å²) in [6, 6.07) is 20.0. The maximum Gasteiger partial charge on any atom is 0.337 e. The summed E-state index contributed by atoms with van der Waals surface area (Å²) in [4.78, 5) is 26.6. The molecule has 1 aliphatic rings. The Labute approximate surface area is 170 Å². The van der Waals surface area contributed by atoms with Gasteiger partial charge in [0.15, 0.2) is 0 Å². The van der Waals surface area contributed by atoms with E-state index in [1.54, 1.807) is 18.2 Å². The van der Waals surface area contributed by atoms with Gasteiger partial charge in [-0.1, -0.05) is 48.5 Å². The van der Waals surface area contributed by atoms with Crippen molar-refractivity contribution in [1.29, 1.82) is 0 Å². The summed E-state index contributed by atoms with van der Waals surface area (Å²) in [5.41, 5.74) is 4.11. The number of aromatic nitrogens is 4. The summed E-state index contributed by atoms with van der Waals surface area (Å²) >= 11 is 0. The highest BCUT2D eigenvalue weighted by molar-refractivity contribution is 6.13. The van der Waals surface area contributed by atoms with Gasteiger partial charge in [0, 0.05) is 11.1 Å². The van der Waals surface area contributed by atoms with Gasteiger partial charge in [0.2, 0.25) is 5.82 Å². The predicted octanol–water partition coefficient (Wildman–Crippen LogP) is 3.39. The van der Waals surface area contributed by atoms with E-state index in [-0.39, 0.29) is 11.5 Å². The molecule has 0 saturated carbocycles. The highest BCUT2D eigenvalue weighted by atomic mass is 16.4. The molecule has 0 radical (unpaired) electrons. The van der Waals surface area contributed by atoms with E-state index in [0.29, 0.717) is 29.2 Å². The van der Waals surface area contributed by atoms with Crippen LogP contribution in [-0.4, -0.2) is 37.6 Å². The van der Waals surface area contributed by atoms with Gasteiger partial charge in [-0.25, -0.2) is 4.79 Å². The number of carboxylic acid groups (broad SMARTS) is 1. The van der Waals surface area contributed by atoms with Gasteiger partial charge in [-0.2, -0.15) is 5.21 Å². The van der Waals surface area contributed by atoms with Crippen LogP contribution in [0.25, 0.3) is 22.5 Å². The standard InChI is InChI=1S/C22H15N5O3/c28-21-17-11-15(20-23-25-26-24-20)6-7-16(17)12-27(21)19-9-8-14(10-18(19)22(29)30)13-4-2-1-3-5-13/h1-11H,12H2,(H,29,30)(H,23,24,25,26). The van der Waals surface area contributed by atoms with Gasteiger partial charge < -0.3 is 10.0 Å². The molecule has 1 amide bonds. The highest BCUT2D eigenvalue weighted by Gasteiger charge is 2.31. The molecular formula is C22H15N5O3. The van der Waals surface area contributed by atoms with Crippen LogP contribution in [0.4, 0.5) is 5.69 Å². The number of hydrogen-bond acceptors (Lipinski definition) is 5. The van der Waals surface area contributed by atoms with Gasteiger partial charge >= 0.3 is 5.97 Å². The zero-order valence-electron chi connectivity index (χ0n) is 15.6. The average molecular weight is 397 g/mol. The molecule has 4 aromatic rings.